The molecule has 0 aromatic heterocycles. The molecule has 6 nitrogen and oxygen atoms in total. The number of halogens is 1. The first-order chi connectivity index (χ1) is 14.3. The van der Waals surface area contributed by atoms with Crippen LogP contribution in [0.5, 0.6) is 5.75 Å². The summed E-state index contributed by atoms with van der Waals surface area (Å²) >= 11 is 3.20. The quantitative estimate of drug-likeness (QED) is 0.389. The molecule has 1 aromatic carbocycles. The van der Waals surface area contributed by atoms with Gasteiger partial charge in [0.05, 0.1) is 16.3 Å². The predicted molar refractivity (Wildman–Crippen MR) is 110 cm³/mol. The maximum atomic E-state index is 13.0. The number of allylic oxidation sites excluding steroid dienone is 6. The molecule has 5 rings (SSSR count). The lowest BCUT2D eigenvalue weighted by Gasteiger charge is -2.42. The Morgan fingerprint density at radius 2 is 1.73 bits per heavy atom. The molecule has 1 heterocycles. The van der Waals surface area contributed by atoms with Crippen molar-refractivity contribution in [2.75, 3.05) is 7.05 Å². The van der Waals surface area contributed by atoms with Crippen molar-refractivity contribution in [3.63, 3.8) is 0 Å². The molecule has 30 heavy (non-hydrogen) atoms. The van der Waals surface area contributed by atoms with Gasteiger partial charge in [-0.2, -0.15) is 0 Å². The fourth-order valence-corrected chi connectivity index (χ4v) is 5.86. The number of Topliss-reactive ketones (excluding diaryl/α,β-unsaturated/α-hetero) is 1. The van der Waals surface area contributed by atoms with Gasteiger partial charge in [-0.3, -0.25) is 24.1 Å². The minimum absolute atomic E-state index is 0.102. The van der Waals surface area contributed by atoms with Crippen LogP contribution in [0, 0.1) is 17.8 Å². The molecule has 3 aliphatic carbocycles. The summed E-state index contributed by atoms with van der Waals surface area (Å²) in [6.07, 6.45) is 3.98. The van der Waals surface area contributed by atoms with Crippen LogP contribution in [0.25, 0.3) is 0 Å². The third kappa shape index (κ3) is 2.54. The third-order valence-corrected chi connectivity index (χ3v) is 7.37. The molecule has 4 atom stereocenters. The topological polar surface area (TPSA) is 91.8 Å². The normalized spacial score (nSPS) is 30.7. The second-order valence-corrected chi connectivity index (χ2v) is 9.07. The maximum absolute atomic E-state index is 13.0. The standard InChI is InChI=1S/C23H18BrNO5/c1-25-22(29)13-7-6-12-14(19(13)23(25)30)8-15-20(17(27)9-16(24)21(15)28)18(12)10-2-4-11(26)5-3-10/h2-6,9,13-14,18-19,26H,7-8H2,1H3/t13-,14+,18-,19-/m0/s1. The molecular formula is C23H18BrNO5. The zero-order valence-electron chi connectivity index (χ0n) is 16.1. The summed E-state index contributed by atoms with van der Waals surface area (Å²) in [5.74, 6) is -2.55. The molecule has 1 aromatic rings. The highest BCUT2D eigenvalue weighted by Gasteiger charge is 2.55. The Morgan fingerprint density at radius 1 is 1.03 bits per heavy atom. The molecular weight excluding hydrogens is 450 g/mol. The molecule has 1 N–H and O–H groups in total. The number of hydrogen-bond acceptors (Lipinski definition) is 5. The van der Waals surface area contributed by atoms with E-state index in [4.69, 9.17) is 0 Å². The average molecular weight is 468 g/mol. The monoisotopic (exact) mass is 467 g/mol. The van der Waals surface area contributed by atoms with Gasteiger partial charge in [0.2, 0.25) is 11.8 Å². The number of aromatic hydroxyl groups is 1. The molecule has 0 bridgehead atoms. The summed E-state index contributed by atoms with van der Waals surface area (Å²) in [7, 11) is 1.50. The van der Waals surface area contributed by atoms with Gasteiger partial charge in [-0.1, -0.05) is 23.8 Å². The minimum atomic E-state index is -0.524. The van der Waals surface area contributed by atoms with Gasteiger partial charge < -0.3 is 5.11 Å². The maximum Gasteiger partial charge on any atom is 0.233 e. The highest BCUT2D eigenvalue weighted by molar-refractivity contribution is 9.12. The molecule has 1 saturated heterocycles. The van der Waals surface area contributed by atoms with E-state index in [0.717, 1.165) is 11.1 Å². The molecule has 152 valence electrons. The van der Waals surface area contributed by atoms with Crippen molar-refractivity contribution in [1.29, 1.82) is 0 Å². The highest BCUT2D eigenvalue weighted by atomic mass is 79.9. The van der Waals surface area contributed by atoms with Crippen molar-refractivity contribution in [2.45, 2.75) is 18.8 Å². The summed E-state index contributed by atoms with van der Waals surface area (Å²) in [6, 6.07) is 6.56. The summed E-state index contributed by atoms with van der Waals surface area (Å²) in [4.78, 5) is 52.6. The van der Waals surface area contributed by atoms with Crippen LogP contribution in [0.1, 0.15) is 24.3 Å². The zero-order chi connectivity index (χ0) is 21.3. The van der Waals surface area contributed by atoms with E-state index in [0.29, 0.717) is 17.6 Å². The Balaban J connectivity index is 1.71. The lowest BCUT2D eigenvalue weighted by molar-refractivity contribution is -0.138. The van der Waals surface area contributed by atoms with Gasteiger partial charge in [0, 0.05) is 30.2 Å². The molecule has 2 amide bonds. The first kappa shape index (κ1) is 19.2. The Kier molecular flexibility index (Phi) is 4.22. The van der Waals surface area contributed by atoms with Gasteiger partial charge in [-0.15, -0.1) is 0 Å². The molecule has 0 saturated carbocycles. The van der Waals surface area contributed by atoms with Crippen LogP contribution in [0.2, 0.25) is 0 Å². The van der Waals surface area contributed by atoms with Crippen LogP contribution in [0.15, 0.2) is 57.6 Å². The first-order valence-electron chi connectivity index (χ1n) is 9.79. The average Bonchev–Trinajstić information content (AvgIpc) is 2.95. The van der Waals surface area contributed by atoms with E-state index in [1.54, 1.807) is 24.3 Å². The van der Waals surface area contributed by atoms with Crippen LogP contribution in [0.4, 0.5) is 0 Å². The van der Waals surface area contributed by atoms with E-state index in [2.05, 4.69) is 15.9 Å². The molecule has 0 spiro atoms. The van der Waals surface area contributed by atoms with Gasteiger partial charge >= 0.3 is 0 Å². The van der Waals surface area contributed by atoms with E-state index >= 15 is 0 Å². The smallest absolute Gasteiger partial charge is 0.233 e. The summed E-state index contributed by atoms with van der Waals surface area (Å²) in [6.45, 7) is 0. The summed E-state index contributed by atoms with van der Waals surface area (Å²) < 4.78 is 0.210. The Bertz CT molecular complexity index is 1130. The number of carbonyl (C=O) groups excluding carboxylic acids is 4. The van der Waals surface area contributed by atoms with Gasteiger partial charge in [0.25, 0.3) is 0 Å². The second kappa shape index (κ2) is 6.60. The van der Waals surface area contributed by atoms with Crippen molar-refractivity contribution in [1.82, 2.24) is 4.90 Å². The lowest BCUT2D eigenvalue weighted by atomic mass is 9.59. The number of phenolic OH excluding ortho intramolecular Hbond substituents is 1. The van der Waals surface area contributed by atoms with Crippen LogP contribution in [-0.4, -0.2) is 40.4 Å². The Hall–Kier alpha value is -2.80. The van der Waals surface area contributed by atoms with Crippen LogP contribution in [-0.2, 0) is 19.2 Å². The number of benzene rings is 1. The SMILES string of the molecule is CN1C(=O)[C@H]2[C@H](CC=C3[C@H](c4ccc(O)cc4)C4=C(C[C@H]32)C(=O)C(Br)=CC4=O)C1=O. The highest BCUT2D eigenvalue weighted by Crippen LogP contribution is 2.55. The van der Waals surface area contributed by atoms with E-state index in [9.17, 15) is 24.3 Å². The lowest BCUT2D eigenvalue weighted by Crippen LogP contribution is -2.39. The molecule has 1 aliphatic heterocycles. The predicted octanol–water partition coefficient (Wildman–Crippen LogP) is 2.78. The number of ketones is 2. The number of likely N-dealkylation sites (tertiary alicyclic amines) is 1. The van der Waals surface area contributed by atoms with Crippen LogP contribution < -0.4 is 0 Å². The number of nitrogens with zero attached hydrogens (tertiary/aromatic N) is 1. The summed E-state index contributed by atoms with van der Waals surface area (Å²) in [5, 5.41) is 9.71. The van der Waals surface area contributed by atoms with Gasteiger partial charge in [-0.25, -0.2) is 0 Å². The van der Waals surface area contributed by atoms with Crippen molar-refractivity contribution in [2.24, 2.45) is 17.8 Å². The minimum Gasteiger partial charge on any atom is -0.508 e. The van der Waals surface area contributed by atoms with Crippen LogP contribution >= 0.6 is 15.9 Å². The van der Waals surface area contributed by atoms with Crippen LogP contribution in [0.3, 0.4) is 0 Å². The van der Waals surface area contributed by atoms with Crippen molar-refractivity contribution >= 4 is 39.3 Å². The van der Waals surface area contributed by atoms with E-state index in [1.165, 1.54) is 18.0 Å². The Morgan fingerprint density at radius 3 is 2.43 bits per heavy atom. The number of carbonyl (C=O) groups is 4. The van der Waals surface area contributed by atoms with Gasteiger partial charge in [0.1, 0.15) is 5.75 Å². The molecule has 0 unspecified atom stereocenters. The molecule has 7 heteroatoms. The van der Waals surface area contributed by atoms with Gasteiger partial charge in [-0.05, 0) is 52.4 Å². The number of phenols is 1. The van der Waals surface area contributed by atoms with E-state index in [-0.39, 0.29) is 46.0 Å². The second-order valence-electron chi connectivity index (χ2n) is 8.22. The zero-order valence-corrected chi connectivity index (χ0v) is 17.7. The van der Waals surface area contributed by atoms with Crippen molar-refractivity contribution in [3.8, 4) is 5.75 Å². The third-order valence-electron chi connectivity index (χ3n) is 6.78. The van der Waals surface area contributed by atoms with Crippen molar-refractivity contribution < 1.29 is 24.3 Å². The Labute approximate surface area is 181 Å². The molecule has 1 fully saturated rings. The molecule has 0 radical (unpaired) electrons. The number of imide groups is 1. The first-order valence-corrected chi connectivity index (χ1v) is 10.6. The largest absolute Gasteiger partial charge is 0.508 e. The fourth-order valence-electron chi connectivity index (χ4n) is 5.41. The fraction of sp³-hybridized carbons (Fsp3) is 0.304. The van der Waals surface area contributed by atoms with E-state index in [1.807, 2.05) is 6.08 Å². The number of fused-ring (bicyclic) bond motifs is 3. The molecule has 4 aliphatic rings. The number of hydrogen-bond donors (Lipinski definition) is 1. The summed E-state index contributed by atoms with van der Waals surface area (Å²) in [5.41, 5.74) is 2.52. The van der Waals surface area contributed by atoms with Gasteiger partial charge in [0.15, 0.2) is 11.6 Å². The van der Waals surface area contributed by atoms with Crippen molar-refractivity contribution in [3.05, 3.63) is 63.2 Å². The number of amides is 2. The number of rotatable bonds is 1. The van der Waals surface area contributed by atoms with E-state index < -0.39 is 17.8 Å².